The van der Waals surface area contributed by atoms with E-state index < -0.39 is 0 Å². The molecule has 1 N–H and O–H groups in total. The van der Waals surface area contributed by atoms with Gasteiger partial charge >= 0.3 is 6.03 Å². The number of piperazine rings is 1. The first kappa shape index (κ1) is 20.3. The summed E-state index contributed by atoms with van der Waals surface area (Å²) < 4.78 is 5.60. The quantitative estimate of drug-likeness (QED) is 0.816. The summed E-state index contributed by atoms with van der Waals surface area (Å²) in [5, 5.41) is 2.98. The Morgan fingerprint density at radius 3 is 2.50 bits per heavy atom. The molecule has 0 bridgehead atoms. The topological polar surface area (TPSA) is 73.8 Å². The van der Waals surface area contributed by atoms with Crippen molar-refractivity contribution in [2.45, 2.75) is 26.7 Å². The molecule has 2 amide bonds. The molecule has 2 aromatic rings. The monoisotopic (exact) mass is 410 g/mol. The van der Waals surface area contributed by atoms with E-state index in [1.54, 1.807) is 0 Å². The Balaban J connectivity index is 1.38. The van der Waals surface area contributed by atoms with Gasteiger partial charge in [0.25, 0.3) is 0 Å². The van der Waals surface area contributed by atoms with Crippen LogP contribution in [0.5, 0.6) is 5.75 Å². The highest BCUT2D eigenvalue weighted by atomic mass is 16.5. The van der Waals surface area contributed by atoms with Crippen molar-refractivity contribution >= 4 is 23.5 Å². The van der Waals surface area contributed by atoms with E-state index in [1.807, 2.05) is 43.0 Å². The Morgan fingerprint density at radius 2 is 1.77 bits per heavy atom. The summed E-state index contributed by atoms with van der Waals surface area (Å²) in [7, 11) is 0. The van der Waals surface area contributed by atoms with Gasteiger partial charge in [-0.3, -0.25) is 0 Å². The van der Waals surface area contributed by atoms with Crippen LogP contribution in [0.3, 0.4) is 0 Å². The third-order valence-corrected chi connectivity index (χ3v) is 5.54. The number of nitrogens with one attached hydrogen (secondary N) is 1. The highest BCUT2D eigenvalue weighted by Gasteiger charge is 2.24. The third-order valence-electron chi connectivity index (χ3n) is 5.54. The van der Waals surface area contributed by atoms with Gasteiger partial charge in [-0.05, 0) is 38.8 Å². The first-order chi connectivity index (χ1) is 14.6. The lowest BCUT2D eigenvalue weighted by Gasteiger charge is -2.35. The Bertz CT molecular complexity index is 876. The molecule has 0 aliphatic carbocycles. The lowest BCUT2D eigenvalue weighted by molar-refractivity contribution is 0.207. The van der Waals surface area contributed by atoms with Crippen LogP contribution in [-0.4, -0.2) is 66.8 Å². The van der Waals surface area contributed by atoms with Crippen LogP contribution < -0.4 is 19.9 Å². The SMILES string of the molecule is CCOc1ccccc1NC(=O)N1CCN(c2nc(C)cc(N3CCCC3)n2)CC1. The summed E-state index contributed by atoms with van der Waals surface area (Å²) in [6.45, 7) is 9.30. The zero-order valence-corrected chi connectivity index (χ0v) is 17.8. The van der Waals surface area contributed by atoms with Crippen molar-refractivity contribution in [1.29, 1.82) is 0 Å². The summed E-state index contributed by atoms with van der Waals surface area (Å²) in [4.78, 5) is 28.5. The number of hydrogen-bond acceptors (Lipinski definition) is 6. The number of hydrogen-bond donors (Lipinski definition) is 1. The number of anilines is 3. The van der Waals surface area contributed by atoms with Crippen molar-refractivity contribution < 1.29 is 9.53 Å². The van der Waals surface area contributed by atoms with Gasteiger partial charge in [-0.2, -0.15) is 4.98 Å². The van der Waals surface area contributed by atoms with Gasteiger partial charge in [0.2, 0.25) is 5.95 Å². The first-order valence-electron chi connectivity index (χ1n) is 10.8. The Hall–Kier alpha value is -3.03. The molecule has 8 heteroatoms. The number of nitrogens with zero attached hydrogens (tertiary/aromatic N) is 5. The molecule has 3 heterocycles. The van der Waals surface area contributed by atoms with Crippen molar-refractivity contribution in [3.05, 3.63) is 36.0 Å². The van der Waals surface area contributed by atoms with E-state index in [1.165, 1.54) is 12.8 Å². The third kappa shape index (κ3) is 4.58. The lowest BCUT2D eigenvalue weighted by atomic mass is 10.3. The molecular formula is C22H30N6O2. The predicted octanol–water partition coefficient (Wildman–Crippen LogP) is 3.14. The maximum absolute atomic E-state index is 12.8. The van der Waals surface area contributed by atoms with Crippen LogP contribution in [0.25, 0.3) is 0 Å². The number of urea groups is 1. The molecular weight excluding hydrogens is 380 g/mol. The molecule has 2 saturated heterocycles. The van der Waals surface area contributed by atoms with Crippen molar-refractivity contribution in [1.82, 2.24) is 14.9 Å². The largest absolute Gasteiger partial charge is 0.492 e. The number of amides is 2. The average molecular weight is 411 g/mol. The second kappa shape index (κ2) is 9.19. The molecule has 160 valence electrons. The molecule has 1 aromatic carbocycles. The van der Waals surface area contributed by atoms with Crippen LogP contribution in [0.2, 0.25) is 0 Å². The van der Waals surface area contributed by atoms with E-state index >= 15 is 0 Å². The minimum absolute atomic E-state index is 0.107. The smallest absolute Gasteiger partial charge is 0.322 e. The van der Waals surface area contributed by atoms with Gasteiger partial charge in [0, 0.05) is 51.0 Å². The molecule has 1 aromatic heterocycles. The van der Waals surface area contributed by atoms with Crippen LogP contribution in [0.4, 0.5) is 22.2 Å². The Morgan fingerprint density at radius 1 is 1.03 bits per heavy atom. The number of benzene rings is 1. The van der Waals surface area contributed by atoms with Crippen LogP contribution in [0.1, 0.15) is 25.5 Å². The van der Waals surface area contributed by atoms with Crippen molar-refractivity contribution in [2.75, 3.05) is 61.0 Å². The minimum atomic E-state index is -0.107. The van der Waals surface area contributed by atoms with E-state index in [4.69, 9.17) is 9.72 Å². The van der Waals surface area contributed by atoms with E-state index in [-0.39, 0.29) is 6.03 Å². The number of carbonyl (C=O) groups is 1. The van der Waals surface area contributed by atoms with Crippen LogP contribution in [-0.2, 0) is 0 Å². The predicted molar refractivity (Wildman–Crippen MR) is 119 cm³/mol. The number of ether oxygens (including phenoxy) is 1. The van der Waals surface area contributed by atoms with E-state index in [0.717, 1.165) is 30.5 Å². The average Bonchev–Trinajstić information content (AvgIpc) is 3.30. The van der Waals surface area contributed by atoms with Crippen molar-refractivity contribution in [3.63, 3.8) is 0 Å². The molecule has 2 fully saturated rings. The molecule has 2 aliphatic rings. The fraction of sp³-hybridized carbons (Fsp3) is 0.500. The Kier molecular flexibility index (Phi) is 6.21. The molecule has 0 atom stereocenters. The van der Waals surface area contributed by atoms with Gasteiger partial charge in [-0.25, -0.2) is 9.78 Å². The normalized spacial score (nSPS) is 16.7. The second-order valence-corrected chi connectivity index (χ2v) is 7.70. The second-order valence-electron chi connectivity index (χ2n) is 7.70. The lowest BCUT2D eigenvalue weighted by Crippen LogP contribution is -2.50. The molecule has 4 rings (SSSR count). The fourth-order valence-electron chi connectivity index (χ4n) is 3.94. The zero-order valence-electron chi connectivity index (χ0n) is 17.8. The van der Waals surface area contributed by atoms with E-state index in [2.05, 4.69) is 26.2 Å². The van der Waals surface area contributed by atoms with Gasteiger partial charge < -0.3 is 24.8 Å². The summed E-state index contributed by atoms with van der Waals surface area (Å²) in [5.41, 5.74) is 1.68. The molecule has 2 aliphatic heterocycles. The standard InChI is InChI=1S/C22H30N6O2/c1-3-30-19-9-5-4-8-18(19)24-22(29)28-14-12-27(13-15-28)21-23-17(2)16-20(25-21)26-10-6-7-11-26/h4-5,8-9,16H,3,6-7,10-15H2,1-2H3,(H,24,29). The number of para-hydroxylation sites is 2. The van der Waals surface area contributed by atoms with Crippen LogP contribution >= 0.6 is 0 Å². The molecule has 0 unspecified atom stereocenters. The van der Waals surface area contributed by atoms with Crippen LogP contribution in [0, 0.1) is 6.92 Å². The van der Waals surface area contributed by atoms with Gasteiger partial charge in [-0.1, -0.05) is 12.1 Å². The summed E-state index contributed by atoms with van der Waals surface area (Å²) in [5.74, 6) is 2.47. The molecule has 0 spiro atoms. The Labute approximate surface area is 177 Å². The molecule has 8 nitrogen and oxygen atoms in total. The number of aromatic nitrogens is 2. The molecule has 0 saturated carbocycles. The summed E-state index contributed by atoms with van der Waals surface area (Å²) in [6, 6.07) is 9.48. The molecule has 0 radical (unpaired) electrons. The number of aryl methyl sites for hydroxylation is 1. The van der Waals surface area contributed by atoms with E-state index in [0.29, 0.717) is 44.2 Å². The maximum atomic E-state index is 12.8. The highest BCUT2D eigenvalue weighted by molar-refractivity contribution is 5.91. The number of rotatable bonds is 5. The maximum Gasteiger partial charge on any atom is 0.322 e. The summed E-state index contributed by atoms with van der Waals surface area (Å²) >= 11 is 0. The number of carbonyl (C=O) groups excluding carboxylic acids is 1. The van der Waals surface area contributed by atoms with Gasteiger partial charge in [0.05, 0.1) is 12.3 Å². The van der Waals surface area contributed by atoms with Gasteiger partial charge in [-0.15, -0.1) is 0 Å². The zero-order chi connectivity index (χ0) is 20.9. The van der Waals surface area contributed by atoms with Crippen LogP contribution in [0.15, 0.2) is 30.3 Å². The highest BCUT2D eigenvalue weighted by Crippen LogP contribution is 2.25. The summed E-state index contributed by atoms with van der Waals surface area (Å²) in [6.07, 6.45) is 2.44. The molecule has 30 heavy (non-hydrogen) atoms. The first-order valence-corrected chi connectivity index (χ1v) is 10.8. The van der Waals surface area contributed by atoms with E-state index in [9.17, 15) is 4.79 Å². The van der Waals surface area contributed by atoms with Crippen molar-refractivity contribution in [3.8, 4) is 5.75 Å². The fourth-order valence-corrected chi connectivity index (χ4v) is 3.94. The van der Waals surface area contributed by atoms with Gasteiger partial charge in [0.1, 0.15) is 11.6 Å². The van der Waals surface area contributed by atoms with Crippen molar-refractivity contribution in [2.24, 2.45) is 0 Å². The minimum Gasteiger partial charge on any atom is -0.492 e. The van der Waals surface area contributed by atoms with Gasteiger partial charge in [0.15, 0.2) is 0 Å².